The predicted molar refractivity (Wildman–Crippen MR) is 91.1 cm³/mol. The van der Waals surface area contributed by atoms with Crippen LogP contribution in [-0.2, 0) is 4.74 Å². The summed E-state index contributed by atoms with van der Waals surface area (Å²) in [5.41, 5.74) is 2.05. The van der Waals surface area contributed by atoms with Gasteiger partial charge >= 0.3 is 5.97 Å². The van der Waals surface area contributed by atoms with Gasteiger partial charge in [0.1, 0.15) is 0 Å². The van der Waals surface area contributed by atoms with Gasteiger partial charge in [0.2, 0.25) is 0 Å². The quantitative estimate of drug-likeness (QED) is 0.451. The molecule has 0 radical (unpaired) electrons. The molecule has 5 heteroatoms. The Labute approximate surface area is 136 Å². The molecule has 4 aromatic rings. The fourth-order valence-electron chi connectivity index (χ4n) is 3.00. The molecule has 0 aliphatic rings. The van der Waals surface area contributed by atoms with E-state index in [2.05, 4.69) is 4.98 Å². The molecule has 2 aromatic heterocycles. The molecule has 0 amide bonds. The van der Waals surface area contributed by atoms with Crippen LogP contribution >= 0.6 is 0 Å². The molecule has 5 nitrogen and oxygen atoms in total. The fourth-order valence-corrected chi connectivity index (χ4v) is 3.00. The molecule has 0 aliphatic heterocycles. The minimum Gasteiger partial charge on any atom is -0.472 e. The van der Waals surface area contributed by atoms with Crippen molar-refractivity contribution < 1.29 is 13.9 Å². The van der Waals surface area contributed by atoms with Crippen LogP contribution in [0.15, 0.2) is 64.3 Å². The number of carbonyl (C=O) groups is 1. The molecule has 0 atom stereocenters. The summed E-state index contributed by atoms with van der Waals surface area (Å²) >= 11 is 0. The smallest absolute Gasteiger partial charge is 0.338 e. The molecule has 0 fully saturated rings. The van der Waals surface area contributed by atoms with Gasteiger partial charge in [-0.05, 0) is 46.0 Å². The number of rotatable bonds is 2. The third kappa shape index (κ3) is 2.10. The number of furan rings is 1. The highest BCUT2D eigenvalue weighted by molar-refractivity contribution is 6.16. The number of ether oxygens (including phenoxy) is 1. The van der Waals surface area contributed by atoms with Crippen LogP contribution in [0.25, 0.3) is 32.7 Å². The number of pyridine rings is 1. The minimum atomic E-state index is -0.432. The first-order valence-corrected chi connectivity index (χ1v) is 7.38. The molecule has 0 unspecified atom stereocenters. The Morgan fingerprint density at radius 2 is 1.96 bits per heavy atom. The maximum atomic E-state index is 12.4. The van der Waals surface area contributed by atoms with E-state index in [1.54, 1.807) is 30.9 Å². The first-order chi connectivity index (χ1) is 11.7. The van der Waals surface area contributed by atoms with Gasteiger partial charge in [-0.15, -0.1) is 0 Å². The van der Waals surface area contributed by atoms with Gasteiger partial charge in [-0.3, -0.25) is 4.79 Å². The van der Waals surface area contributed by atoms with Crippen LogP contribution in [0.5, 0.6) is 0 Å². The summed E-state index contributed by atoms with van der Waals surface area (Å²) in [4.78, 5) is 27.2. The van der Waals surface area contributed by atoms with E-state index in [1.165, 1.54) is 7.11 Å². The first-order valence-electron chi connectivity index (χ1n) is 7.38. The van der Waals surface area contributed by atoms with Crippen molar-refractivity contribution in [2.75, 3.05) is 7.11 Å². The van der Waals surface area contributed by atoms with Crippen molar-refractivity contribution in [3.05, 3.63) is 71.0 Å². The summed E-state index contributed by atoms with van der Waals surface area (Å²) in [7, 11) is 1.34. The average Bonchev–Trinajstić information content (AvgIpc) is 3.14. The standard InChI is InChI=1S/C19H13NO4/c1-23-19(22)16-9-12-4-6-20-18(21)17(12)15-8-11(2-3-14(15)16)13-5-7-24-10-13/h2-10H,1H3,(H,20,21). The number of hydrogen-bond donors (Lipinski definition) is 1. The van der Waals surface area contributed by atoms with Crippen molar-refractivity contribution in [1.29, 1.82) is 0 Å². The van der Waals surface area contributed by atoms with Crippen LogP contribution in [0, 0.1) is 0 Å². The third-order valence-electron chi connectivity index (χ3n) is 4.13. The van der Waals surface area contributed by atoms with E-state index in [-0.39, 0.29) is 5.56 Å². The Kier molecular flexibility index (Phi) is 3.20. The highest BCUT2D eigenvalue weighted by Gasteiger charge is 2.16. The number of esters is 1. The number of fused-ring (bicyclic) bond motifs is 3. The molecule has 24 heavy (non-hydrogen) atoms. The molecule has 1 N–H and O–H groups in total. The van der Waals surface area contributed by atoms with Gasteiger partial charge < -0.3 is 14.1 Å². The van der Waals surface area contributed by atoms with Crippen molar-refractivity contribution in [2.45, 2.75) is 0 Å². The fraction of sp³-hybridized carbons (Fsp3) is 0.0526. The Bertz CT molecular complexity index is 1120. The number of carbonyl (C=O) groups excluding carboxylic acids is 1. The topological polar surface area (TPSA) is 72.3 Å². The van der Waals surface area contributed by atoms with Crippen LogP contribution in [0.4, 0.5) is 0 Å². The van der Waals surface area contributed by atoms with Crippen molar-refractivity contribution >= 4 is 27.5 Å². The maximum absolute atomic E-state index is 12.4. The van der Waals surface area contributed by atoms with E-state index in [4.69, 9.17) is 9.15 Å². The zero-order chi connectivity index (χ0) is 16.7. The average molecular weight is 319 g/mol. The Balaban J connectivity index is 2.16. The molecule has 2 aromatic carbocycles. The molecule has 0 aliphatic carbocycles. The predicted octanol–water partition coefficient (Wildman–Crippen LogP) is 3.73. The van der Waals surface area contributed by atoms with E-state index < -0.39 is 5.97 Å². The molecule has 118 valence electrons. The molecular weight excluding hydrogens is 306 g/mol. The number of benzene rings is 2. The van der Waals surface area contributed by atoms with Gasteiger partial charge in [0, 0.05) is 11.8 Å². The molecule has 2 heterocycles. The van der Waals surface area contributed by atoms with Crippen molar-refractivity contribution in [1.82, 2.24) is 4.98 Å². The Morgan fingerprint density at radius 1 is 1.08 bits per heavy atom. The van der Waals surface area contributed by atoms with Gasteiger partial charge in [0.25, 0.3) is 5.56 Å². The highest BCUT2D eigenvalue weighted by Crippen LogP contribution is 2.31. The molecule has 0 saturated heterocycles. The van der Waals surface area contributed by atoms with Crippen molar-refractivity contribution in [3.63, 3.8) is 0 Å². The number of nitrogens with one attached hydrogen (secondary N) is 1. The number of hydrogen-bond acceptors (Lipinski definition) is 4. The second-order valence-electron chi connectivity index (χ2n) is 5.46. The first kappa shape index (κ1) is 14.3. The van der Waals surface area contributed by atoms with Crippen LogP contribution in [-0.4, -0.2) is 18.1 Å². The van der Waals surface area contributed by atoms with Gasteiger partial charge in [-0.1, -0.05) is 12.1 Å². The number of aromatic nitrogens is 1. The number of aromatic amines is 1. The normalized spacial score (nSPS) is 11.0. The summed E-state index contributed by atoms with van der Waals surface area (Å²) in [5.74, 6) is -0.432. The van der Waals surface area contributed by atoms with Gasteiger partial charge in [0.15, 0.2) is 0 Å². The third-order valence-corrected chi connectivity index (χ3v) is 4.13. The second kappa shape index (κ2) is 5.38. The zero-order valence-corrected chi connectivity index (χ0v) is 12.8. The number of H-pyrrole nitrogens is 1. The lowest BCUT2D eigenvalue weighted by Crippen LogP contribution is -2.08. The van der Waals surface area contributed by atoms with Gasteiger partial charge in [0.05, 0.1) is 30.6 Å². The van der Waals surface area contributed by atoms with Crippen molar-refractivity contribution in [2.24, 2.45) is 0 Å². The van der Waals surface area contributed by atoms with E-state index >= 15 is 0 Å². The van der Waals surface area contributed by atoms with E-state index in [1.807, 2.05) is 24.3 Å². The lowest BCUT2D eigenvalue weighted by atomic mass is 9.95. The van der Waals surface area contributed by atoms with Gasteiger partial charge in [-0.2, -0.15) is 0 Å². The SMILES string of the molecule is COC(=O)c1cc2cc[nH]c(=O)c2c2cc(-c3ccoc3)ccc12. The van der Waals surface area contributed by atoms with E-state index in [0.29, 0.717) is 27.1 Å². The van der Waals surface area contributed by atoms with Crippen molar-refractivity contribution in [3.8, 4) is 11.1 Å². The largest absolute Gasteiger partial charge is 0.472 e. The summed E-state index contributed by atoms with van der Waals surface area (Å²) in [5, 5.41) is 2.62. The summed E-state index contributed by atoms with van der Waals surface area (Å²) in [6, 6.07) is 10.9. The molecular formula is C19H13NO4. The second-order valence-corrected chi connectivity index (χ2v) is 5.46. The molecule has 0 spiro atoms. The van der Waals surface area contributed by atoms with Crippen LogP contribution < -0.4 is 5.56 Å². The maximum Gasteiger partial charge on any atom is 0.338 e. The molecule has 0 saturated carbocycles. The molecule has 0 bridgehead atoms. The van der Waals surface area contributed by atoms with E-state index in [0.717, 1.165) is 11.1 Å². The lowest BCUT2D eigenvalue weighted by Gasteiger charge is -2.10. The van der Waals surface area contributed by atoms with Gasteiger partial charge in [-0.25, -0.2) is 4.79 Å². The summed E-state index contributed by atoms with van der Waals surface area (Å²) in [6.07, 6.45) is 4.80. The monoisotopic (exact) mass is 319 g/mol. The summed E-state index contributed by atoms with van der Waals surface area (Å²) in [6.45, 7) is 0. The van der Waals surface area contributed by atoms with E-state index in [9.17, 15) is 9.59 Å². The Hall–Kier alpha value is -3.34. The minimum absolute atomic E-state index is 0.196. The highest BCUT2D eigenvalue weighted by atomic mass is 16.5. The van der Waals surface area contributed by atoms with Crippen LogP contribution in [0.2, 0.25) is 0 Å². The van der Waals surface area contributed by atoms with Crippen LogP contribution in [0.1, 0.15) is 10.4 Å². The zero-order valence-electron chi connectivity index (χ0n) is 12.8. The lowest BCUT2D eigenvalue weighted by molar-refractivity contribution is 0.0603. The van der Waals surface area contributed by atoms with Crippen LogP contribution in [0.3, 0.4) is 0 Å². The molecule has 4 rings (SSSR count). The summed E-state index contributed by atoms with van der Waals surface area (Å²) < 4.78 is 10.0. The Morgan fingerprint density at radius 3 is 2.71 bits per heavy atom. The number of methoxy groups -OCH3 is 1.